The smallest absolute Gasteiger partial charge is 0.220 e. The molecule has 0 spiro atoms. The van der Waals surface area contributed by atoms with Crippen LogP contribution in [0.3, 0.4) is 0 Å². The maximum Gasteiger partial charge on any atom is 0.220 e. The van der Waals surface area contributed by atoms with Gasteiger partial charge in [-0.2, -0.15) is 0 Å². The topological polar surface area (TPSA) is 62.6 Å². The highest BCUT2D eigenvalue weighted by Crippen LogP contribution is 2.23. The third-order valence-corrected chi connectivity index (χ3v) is 5.88. The van der Waals surface area contributed by atoms with Crippen LogP contribution in [0, 0.1) is 18.8 Å². The standard InChI is InChI=1S/C25H34N2O3/c1-17-11-18(2)15-27(14-17)16-22-8-6-5-7-21(22)13-26-25(29)10-9-23-12-24(19(3)28)20(4)30-23/h5-8,12,17-18H,9-11,13-16H2,1-4H3,(H,26,29)/t17-,18-/m1/s1. The number of likely N-dealkylation sites (tertiary alicyclic amines) is 1. The molecule has 30 heavy (non-hydrogen) atoms. The number of ketones is 1. The van der Waals surface area contributed by atoms with Crippen LogP contribution in [0.15, 0.2) is 34.7 Å². The third-order valence-electron chi connectivity index (χ3n) is 5.88. The number of benzene rings is 1. The van der Waals surface area contributed by atoms with Crippen LogP contribution >= 0.6 is 0 Å². The van der Waals surface area contributed by atoms with E-state index in [0.717, 1.165) is 31.5 Å². The minimum atomic E-state index is -0.0129. The second-order valence-electron chi connectivity index (χ2n) is 8.92. The summed E-state index contributed by atoms with van der Waals surface area (Å²) < 4.78 is 5.60. The fourth-order valence-electron chi connectivity index (χ4n) is 4.58. The fraction of sp³-hybridized carbons (Fsp3) is 0.520. The molecule has 0 bridgehead atoms. The highest BCUT2D eigenvalue weighted by atomic mass is 16.3. The molecule has 2 heterocycles. The molecule has 2 aromatic rings. The molecule has 1 saturated heterocycles. The SMILES string of the molecule is CC(=O)c1cc(CCC(=O)NCc2ccccc2CN2C[C@H](C)C[C@@H](C)C2)oc1C. The van der Waals surface area contributed by atoms with Crippen LogP contribution in [0.25, 0.3) is 0 Å². The Labute approximate surface area is 179 Å². The first kappa shape index (κ1) is 22.3. The van der Waals surface area contributed by atoms with Crippen LogP contribution in [0.2, 0.25) is 0 Å². The minimum absolute atomic E-state index is 0.0107. The van der Waals surface area contributed by atoms with Gasteiger partial charge in [-0.1, -0.05) is 38.1 Å². The maximum absolute atomic E-state index is 12.4. The van der Waals surface area contributed by atoms with Gasteiger partial charge in [-0.25, -0.2) is 0 Å². The second kappa shape index (κ2) is 10.1. The second-order valence-corrected chi connectivity index (χ2v) is 8.92. The van der Waals surface area contributed by atoms with E-state index >= 15 is 0 Å². The van der Waals surface area contributed by atoms with Crippen molar-refractivity contribution in [2.45, 2.75) is 60.0 Å². The van der Waals surface area contributed by atoms with Crippen LogP contribution in [0.5, 0.6) is 0 Å². The number of aryl methyl sites for hydroxylation is 2. The molecule has 1 fully saturated rings. The largest absolute Gasteiger partial charge is 0.466 e. The monoisotopic (exact) mass is 410 g/mol. The molecule has 3 rings (SSSR count). The van der Waals surface area contributed by atoms with Gasteiger partial charge in [-0.15, -0.1) is 0 Å². The summed E-state index contributed by atoms with van der Waals surface area (Å²) >= 11 is 0. The van der Waals surface area contributed by atoms with E-state index in [9.17, 15) is 9.59 Å². The Hall–Kier alpha value is -2.40. The summed E-state index contributed by atoms with van der Waals surface area (Å²) in [5.74, 6) is 2.74. The van der Waals surface area contributed by atoms with Gasteiger partial charge in [0.1, 0.15) is 11.5 Å². The van der Waals surface area contributed by atoms with Crippen LogP contribution < -0.4 is 5.32 Å². The van der Waals surface area contributed by atoms with Crippen molar-refractivity contribution in [2.75, 3.05) is 13.1 Å². The quantitative estimate of drug-likeness (QED) is 0.650. The van der Waals surface area contributed by atoms with Crippen molar-refractivity contribution in [3.8, 4) is 0 Å². The Morgan fingerprint density at radius 3 is 2.43 bits per heavy atom. The van der Waals surface area contributed by atoms with E-state index in [0.29, 0.717) is 36.5 Å². The van der Waals surface area contributed by atoms with Crippen LogP contribution in [-0.4, -0.2) is 29.7 Å². The zero-order valence-corrected chi connectivity index (χ0v) is 18.7. The number of nitrogens with one attached hydrogen (secondary N) is 1. The predicted octanol–water partition coefficient (Wildman–Crippen LogP) is 4.52. The lowest BCUT2D eigenvalue weighted by atomic mass is 9.91. The van der Waals surface area contributed by atoms with Crippen LogP contribution in [0.4, 0.5) is 0 Å². The van der Waals surface area contributed by atoms with Gasteiger partial charge in [-0.3, -0.25) is 14.5 Å². The van der Waals surface area contributed by atoms with Gasteiger partial charge in [0, 0.05) is 39.0 Å². The van der Waals surface area contributed by atoms with E-state index in [1.165, 1.54) is 24.5 Å². The van der Waals surface area contributed by atoms with E-state index < -0.39 is 0 Å². The number of hydrogen-bond donors (Lipinski definition) is 1. The summed E-state index contributed by atoms with van der Waals surface area (Å²) in [6.45, 7) is 11.7. The number of rotatable bonds is 8. The maximum atomic E-state index is 12.4. The summed E-state index contributed by atoms with van der Waals surface area (Å²) in [6, 6.07) is 10.1. The van der Waals surface area contributed by atoms with E-state index in [1.54, 1.807) is 13.0 Å². The molecule has 1 N–H and O–H groups in total. The third kappa shape index (κ3) is 6.05. The molecule has 1 amide bonds. The normalized spacial score (nSPS) is 19.6. The molecular formula is C25H34N2O3. The molecule has 5 heteroatoms. The summed E-state index contributed by atoms with van der Waals surface area (Å²) in [4.78, 5) is 26.5. The number of carbonyl (C=O) groups is 2. The number of nitrogens with zero attached hydrogens (tertiary/aromatic N) is 1. The molecule has 0 aliphatic carbocycles. The number of carbonyl (C=O) groups excluding carboxylic acids is 2. The van der Waals surface area contributed by atoms with Crippen LogP contribution in [0.1, 0.15) is 66.6 Å². The van der Waals surface area contributed by atoms with Gasteiger partial charge in [0.25, 0.3) is 0 Å². The highest BCUT2D eigenvalue weighted by molar-refractivity contribution is 5.95. The van der Waals surface area contributed by atoms with Crippen molar-refractivity contribution < 1.29 is 14.0 Å². The minimum Gasteiger partial charge on any atom is -0.466 e. The van der Waals surface area contributed by atoms with Gasteiger partial charge in [-0.05, 0) is 49.3 Å². The summed E-state index contributed by atoms with van der Waals surface area (Å²) in [5.41, 5.74) is 3.05. The van der Waals surface area contributed by atoms with Crippen molar-refractivity contribution in [1.82, 2.24) is 10.2 Å². The number of Topliss-reactive ketones (excluding diaryl/α,β-unsaturated/α-hetero) is 1. The Balaban J connectivity index is 1.52. The van der Waals surface area contributed by atoms with E-state index in [4.69, 9.17) is 4.42 Å². The molecule has 0 saturated carbocycles. The lowest BCUT2D eigenvalue weighted by molar-refractivity contribution is -0.121. The summed E-state index contributed by atoms with van der Waals surface area (Å²) in [7, 11) is 0. The first-order chi connectivity index (χ1) is 14.3. The van der Waals surface area contributed by atoms with Gasteiger partial charge in [0.2, 0.25) is 5.91 Å². The summed E-state index contributed by atoms with van der Waals surface area (Å²) in [5, 5.41) is 3.04. The Morgan fingerprint density at radius 2 is 1.80 bits per heavy atom. The van der Waals surface area contributed by atoms with Crippen molar-refractivity contribution >= 4 is 11.7 Å². The van der Waals surface area contributed by atoms with Gasteiger partial charge in [0.15, 0.2) is 5.78 Å². The van der Waals surface area contributed by atoms with Crippen molar-refractivity contribution in [1.29, 1.82) is 0 Å². The zero-order valence-electron chi connectivity index (χ0n) is 18.7. The molecule has 1 aromatic heterocycles. The first-order valence-corrected chi connectivity index (χ1v) is 11.0. The first-order valence-electron chi connectivity index (χ1n) is 11.0. The van der Waals surface area contributed by atoms with Crippen molar-refractivity contribution in [3.05, 3.63) is 58.5 Å². The number of amides is 1. The Morgan fingerprint density at radius 1 is 1.13 bits per heavy atom. The lowest BCUT2D eigenvalue weighted by Gasteiger charge is -2.35. The van der Waals surface area contributed by atoms with E-state index in [1.807, 2.05) is 6.07 Å². The molecule has 5 nitrogen and oxygen atoms in total. The lowest BCUT2D eigenvalue weighted by Crippen LogP contribution is -2.38. The Kier molecular flexibility index (Phi) is 7.48. The molecule has 162 valence electrons. The molecular weight excluding hydrogens is 376 g/mol. The number of furan rings is 1. The molecule has 1 aromatic carbocycles. The molecule has 2 atom stereocenters. The molecule has 1 aliphatic rings. The van der Waals surface area contributed by atoms with Gasteiger partial charge < -0.3 is 9.73 Å². The predicted molar refractivity (Wildman–Crippen MR) is 118 cm³/mol. The summed E-state index contributed by atoms with van der Waals surface area (Å²) in [6.07, 6.45) is 2.14. The van der Waals surface area contributed by atoms with Crippen LogP contribution in [-0.2, 0) is 24.3 Å². The number of piperidine rings is 1. The van der Waals surface area contributed by atoms with E-state index in [2.05, 4.69) is 42.3 Å². The van der Waals surface area contributed by atoms with Gasteiger partial charge in [0.05, 0.1) is 5.56 Å². The fourth-order valence-corrected chi connectivity index (χ4v) is 4.58. The van der Waals surface area contributed by atoms with E-state index in [-0.39, 0.29) is 11.7 Å². The van der Waals surface area contributed by atoms with Crippen molar-refractivity contribution in [2.24, 2.45) is 11.8 Å². The highest BCUT2D eigenvalue weighted by Gasteiger charge is 2.22. The van der Waals surface area contributed by atoms with Crippen molar-refractivity contribution in [3.63, 3.8) is 0 Å². The molecule has 1 aliphatic heterocycles. The van der Waals surface area contributed by atoms with Gasteiger partial charge >= 0.3 is 0 Å². The Bertz CT molecular complexity index is 876. The number of hydrogen-bond acceptors (Lipinski definition) is 4. The molecule has 0 unspecified atom stereocenters. The average Bonchev–Trinajstić information content (AvgIpc) is 3.06. The zero-order chi connectivity index (χ0) is 21.7. The average molecular weight is 411 g/mol. The molecule has 0 radical (unpaired) electrons.